The van der Waals surface area contributed by atoms with Gasteiger partial charge in [0.2, 0.25) is 0 Å². The number of hydrogen-bond donors (Lipinski definition) is 1. The van der Waals surface area contributed by atoms with Crippen molar-refractivity contribution in [2.45, 2.75) is 70.1 Å². The van der Waals surface area contributed by atoms with Gasteiger partial charge in [-0.05, 0) is 80.0 Å². The van der Waals surface area contributed by atoms with E-state index in [-0.39, 0.29) is 23.9 Å². The van der Waals surface area contributed by atoms with E-state index < -0.39 is 5.97 Å². The molecule has 0 radical (unpaired) electrons. The van der Waals surface area contributed by atoms with E-state index in [1.54, 1.807) is 12.1 Å². The number of Topliss-reactive ketones (excluding diaryl/α,β-unsaturated/α-hetero) is 1. The molecule has 1 N–H and O–H groups in total. The highest BCUT2D eigenvalue weighted by Gasteiger charge is 2.30. The molecule has 2 atom stereocenters. The van der Waals surface area contributed by atoms with Crippen LogP contribution in [0.4, 0.5) is 4.39 Å². The minimum Gasteiger partial charge on any atom is -0.481 e. The fourth-order valence-corrected chi connectivity index (χ4v) is 4.69. The van der Waals surface area contributed by atoms with Gasteiger partial charge in [-0.25, -0.2) is 4.39 Å². The molecule has 136 valence electrons. The van der Waals surface area contributed by atoms with Crippen LogP contribution in [0.15, 0.2) is 18.2 Å². The molecule has 0 amide bonds. The van der Waals surface area contributed by atoms with Crippen molar-refractivity contribution in [1.29, 1.82) is 0 Å². The Morgan fingerprint density at radius 2 is 1.88 bits per heavy atom. The molecule has 0 heterocycles. The number of rotatable bonds is 7. The Bertz CT molecular complexity index is 634. The fourth-order valence-electron chi connectivity index (χ4n) is 4.69. The summed E-state index contributed by atoms with van der Waals surface area (Å²) in [6.07, 6.45) is 8.99. The first-order valence-corrected chi connectivity index (χ1v) is 9.55. The van der Waals surface area contributed by atoms with Crippen LogP contribution in [0.5, 0.6) is 0 Å². The summed E-state index contributed by atoms with van der Waals surface area (Å²) in [6, 6.07) is 5.21. The Hall–Kier alpha value is -1.71. The molecule has 0 aliphatic heterocycles. The SMILES string of the molecule is O=C(O)CC(=O)C1CCC(CCc2ccc(F)cc2C2CCCC2)C1. The number of carboxylic acids is 1. The Labute approximate surface area is 148 Å². The molecular weight excluding hydrogens is 319 g/mol. The van der Waals surface area contributed by atoms with Gasteiger partial charge in [0, 0.05) is 5.92 Å². The van der Waals surface area contributed by atoms with Crippen molar-refractivity contribution in [1.82, 2.24) is 0 Å². The Morgan fingerprint density at radius 1 is 1.12 bits per heavy atom. The molecule has 3 nitrogen and oxygen atoms in total. The molecule has 3 rings (SSSR count). The van der Waals surface area contributed by atoms with Crippen molar-refractivity contribution in [3.05, 3.63) is 35.1 Å². The molecule has 0 aromatic heterocycles. The first-order chi connectivity index (χ1) is 12.0. The minimum absolute atomic E-state index is 0.0800. The quantitative estimate of drug-likeness (QED) is 0.716. The molecule has 0 spiro atoms. The van der Waals surface area contributed by atoms with Crippen molar-refractivity contribution in [3.63, 3.8) is 0 Å². The van der Waals surface area contributed by atoms with Gasteiger partial charge in [0.1, 0.15) is 18.0 Å². The molecule has 2 unspecified atom stereocenters. The van der Waals surface area contributed by atoms with Crippen LogP contribution in [-0.2, 0) is 16.0 Å². The number of hydrogen-bond acceptors (Lipinski definition) is 2. The van der Waals surface area contributed by atoms with E-state index >= 15 is 0 Å². The molecule has 2 saturated carbocycles. The summed E-state index contributed by atoms with van der Waals surface area (Å²) in [5.41, 5.74) is 2.45. The molecule has 1 aromatic carbocycles. The molecule has 0 bridgehead atoms. The van der Waals surface area contributed by atoms with Crippen molar-refractivity contribution in [3.8, 4) is 0 Å². The average molecular weight is 346 g/mol. The number of carbonyl (C=O) groups excluding carboxylic acids is 1. The molecule has 1 aromatic rings. The summed E-state index contributed by atoms with van der Waals surface area (Å²) in [4.78, 5) is 22.6. The van der Waals surface area contributed by atoms with Crippen LogP contribution in [0, 0.1) is 17.7 Å². The normalized spacial score (nSPS) is 23.9. The molecule has 25 heavy (non-hydrogen) atoms. The number of aliphatic carboxylic acids is 1. The van der Waals surface area contributed by atoms with Crippen molar-refractivity contribution < 1.29 is 19.1 Å². The van der Waals surface area contributed by atoms with Crippen molar-refractivity contribution in [2.24, 2.45) is 11.8 Å². The largest absolute Gasteiger partial charge is 0.481 e. The molecular formula is C21H27FO3. The molecule has 2 aliphatic rings. The fraction of sp³-hybridized carbons (Fsp3) is 0.619. The van der Waals surface area contributed by atoms with Crippen LogP contribution < -0.4 is 0 Å². The smallest absolute Gasteiger partial charge is 0.310 e. The maximum absolute atomic E-state index is 13.7. The number of aryl methyl sites for hydroxylation is 1. The van der Waals surface area contributed by atoms with E-state index in [9.17, 15) is 14.0 Å². The Balaban J connectivity index is 1.57. The van der Waals surface area contributed by atoms with E-state index in [4.69, 9.17) is 5.11 Å². The van der Waals surface area contributed by atoms with Gasteiger partial charge in [-0.2, -0.15) is 0 Å². The monoisotopic (exact) mass is 346 g/mol. The maximum atomic E-state index is 13.7. The standard InChI is InChI=1S/C21H27FO3/c22-18-10-9-16(19(12-18)15-3-1-2-4-15)7-5-14-6-8-17(11-14)20(23)13-21(24)25/h9-10,12,14-15,17H,1-8,11,13H2,(H,24,25). The van der Waals surface area contributed by atoms with E-state index in [1.807, 2.05) is 6.07 Å². The van der Waals surface area contributed by atoms with Crippen LogP contribution in [0.25, 0.3) is 0 Å². The molecule has 4 heteroatoms. The molecule has 2 fully saturated rings. The predicted octanol–water partition coefficient (Wildman–Crippen LogP) is 4.88. The number of benzene rings is 1. The second-order valence-electron chi connectivity index (χ2n) is 7.78. The second-order valence-corrected chi connectivity index (χ2v) is 7.78. The van der Waals surface area contributed by atoms with Crippen LogP contribution in [0.3, 0.4) is 0 Å². The van der Waals surface area contributed by atoms with Gasteiger partial charge >= 0.3 is 5.97 Å². The topological polar surface area (TPSA) is 54.4 Å². The van der Waals surface area contributed by atoms with Gasteiger partial charge in [-0.15, -0.1) is 0 Å². The zero-order chi connectivity index (χ0) is 17.8. The highest BCUT2D eigenvalue weighted by atomic mass is 19.1. The summed E-state index contributed by atoms with van der Waals surface area (Å²) in [5, 5.41) is 8.77. The Morgan fingerprint density at radius 3 is 2.60 bits per heavy atom. The first kappa shape index (κ1) is 18.1. The molecule has 0 saturated heterocycles. The number of halogens is 1. The van der Waals surface area contributed by atoms with Crippen LogP contribution in [-0.4, -0.2) is 16.9 Å². The van der Waals surface area contributed by atoms with Gasteiger partial charge in [0.15, 0.2) is 0 Å². The lowest BCUT2D eigenvalue weighted by atomic mass is 9.88. The number of carbonyl (C=O) groups is 2. The second kappa shape index (κ2) is 8.11. The van der Waals surface area contributed by atoms with Gasteiger partial charge in [-0.1, -0.05) is 18.9 Å². The van der Waals surface area contributed by atoms with Crippen LogP contribution in [0.1, 0.15) is 74.8 Å². The van der Waals surface area contributed by atoms with E-state index in [1.165, 1.54) is 24.0 Å². The first-order valence-electron chi connectivity index (χ1n) is 9.55. The average Bonchev–Trinajstić information content (AvgIpc) is 3.25. The zero-order valence-corrected chi connectivity index (χ0v) is 14.7. The van der Waals surface area contributed by atoms with Crippen LogP contribution in [0.2, 0.25) is 0 Å². The minimum atomic E-state index is -1.03. The number of carboxylic acid groups (broad SMARTS) is 1. The lowest BCUT2D eigenvalue weighted by Gasteiger charge is -2.17. The highest BCUT2D eigenvalue weighted by Crippen LogP contribution is 2.38. The van der Waals surface area contributed by atoms with E-state index in [2.05, 4.69) is 0 Å². The van der Waals surface area contributed by atoms with Gasteiger partial charge in [-0.3, -0.25) is 9.59 Å². The zero-order valence-electron chi connectivity index (χ0n) is 14.7. The van der Waals surface area contributed by atoms with Crippen LogP contribution >= 0.6 is 0 Å². The maximum Gasteiger partial charge on any atom is 0.310 e. The third kappa shape index (κ3) is 4.68. The van der Waals surface area contributed by atoms with Gasteiger partial charge < -0.3 is 5.11 Å². The van der Waals surface area contributed by atoms with Gasteiger partial charge in [0.25, 0.3) is 0 Å². The highest BCUT2D eigenvalue weighted by molar-refractivity contribution is 5.96. The third-order valence-electron chi connectivity index (χ3n) is 6.05. The van der Waals surface area contributed by atoms with E-state index in [0.717, 1.165) is 44.9 Å². The summed E-state index contributed by atoms with van der Waals surface area (Å²) in [7, 11) is 0. The lowest BCUT2D eigenvalue weighted by Crippen LogP contribution is -2.15. The summed E-state index contributed by atoms with van der Waals surface area (Å²) < 4.78 is 13.7. The van der Waals surface area contributed by atoms with Gasteiger partial charge in [0.05, 0.1) is 0 Å². The van der Waals surface area contributed by atoms with E-state index in [0.29, 0.717) is 11.8 Å². The Kier molecular flexibility index (Phi) is 5.87. The molecule has 2 aliphatic carbocycles. The summed E-state index contributed by atoms with van der Waals surface area (Å²) >= 11 is 0. The number of ketones is 1. The summed E-state index contributed by atoms with van der Waals surface area (Å²) in [5.74, 6) is -0.401. The summed E-state index contributed by atoms with van der Waals surface area (Å²) in [6.45, 7) is 0. The van der Waals surface area contributed by atoms with Crippen molar-refractivity contribution >= 4 is 11.8 Å². The van der Waals surface area contributed by atoms with Crippen molar-refractivity contribution in [2.75, 3.05) is 0 Å². The predicted molar refractivity (Wildman–Crippen MR) is 94.0 cm³/mol. The lowest BCUT2D eigenvalue weighted by molar-refractivity contribution is -0.141. The third-order valence-corrected chi connectivity index (χ3v) is 6.05.